The van der Waals surface area contributed by atoms with Crippen molar-refractivity contribution in [3.8, 4) is 34.5 Å². The molecule has 3 aliphatic rings. The molecule has 2 N–H and O–H groups in total. The summed E-state index contributed by atoms with van der Waals surface area (Å²) in [7, 11) is 4.72. The number of fused-ring (bicyclic) bond motifs is 2. The highest BCUT2D eigenvalue weighted by Crippen LogP contribution is 2.41. The van der Waals surface area contributed by atoms with E-state index in [0.29, 0.717) is 89.6 Å². The van der Waals surface area contributed by atoms with E-state index in [0.717, 1.165) is 19.4 Å². The molecule has 3 aliphatic heterocycles. The Kier molecular flexibility index (Phi) is 10.1. The number of carbonyl (C=O) groups is 2. The van der Waals surface area contributed by atoms with Crippen LogP contribution in [0.5, 0.6) is 34.5 Å². The minimum absolute atomic E-state index is 0.0199. The Bertz CT molecular complexity index is 1820. The number of ether oxygens (including phenoxy) is 5. The topological polar surface area (TPSA) is 128 Å². The number of anilines is 1. The van der Waals surface area contributed by atoms with Gasteiger partial charge in [-0.25, -0.2) is 0 Å². The highest BCUT2D eigenvalue weighted by Gasteiger charge is 2.38. The summed E-state index contributed by atoms with van der Waals surface area (Å²) in [6.07, 6.45) is 4.48. The Balaban J connectivity index is 1.07. The van der Waals surface area contributed by atoms with Crippen molar-refractivity contribution in [2.75, 3.05) is 59.8 Å². The normalized spacial score (nSPS) is 17.8. The Morgan fingerprint density at radius 2 is 1.53 bits per heavy atom. The zero-order valence-electron chi connectivity index (χ0n) is 30.7. The number of nitrogens with zero attached hydrogens (tertiary/aromatic N) is 4. The van der Waals surface area contributed by atoms with Crippen molar-refractivity contribution >= 4 is 29.4 Å². The largest absolute Gasteiger partial charge is 0.493 e. The molecule has 272 valence electrons. The number of methoxy groups -OCH3 is 3. The predicted octanol–water partition coefficient (Wildman–Crippen LogP) is 6.19. The summed E-state index contributed by atoms with van der Waals surface area (Å²) >= 11 is 0. The first kappa shape index (κ1) is 35.8. The number of amides is 2. The van der Waals surface area contributed by atoms with Gasteiger partial charge in [-0.3, -0.25) is 19.5 Å². The van der Waals surface area contributed by atoms with Crippen LogP contribution < -0.4 is 29.4 Å². The molecule has 12 nitrogen and oxygen atoms in total. The Morgan fingerprint density at radius 1 is 0.843 bits per heavy atom. The average Bonchev–Trinajstić information content (AvgIpc) is 3.54. The van der Waals surface area contributed by atoms with Gasteiger partial charge in [0.15, 0.2) is 23.0 Å². The van der Waals surface area contributed by atoms with E-state index in [1.807, 2.05) is 22.1 Å². The van der Waals surface area contributed by atoms with E-state index >= 15 is 0 Å². The van der Waals surface area contributed by atoms with Gasteiger partial charge >= 0.3 is 0 Å². The minimum Gasteiger partial charge on any atom is -0.493 e. The standard InChI is InChI=1S/C39H49N5O7/c1-38(2,24-39(3,4)51-35-22-30-28(21-34(35)49-7)37(46)44-14-8-9-26(44)23-41-30)43-17-15-42(16-18-43)36(45)25-10-12-31(29(40)19-25)50-27-11-13-32(47-5)33(20-27)48-6/h10-13,19-23,26H,8-9,14-18,24,40H2,1-7H3. The van der Waals surface area contributed by atoms with Gasteiger partial charge in [-0.05, 0) is 76.9 Å². The summed E-state index contributed by atoms with van der Waals surface area (Å²) in [5.41, 5.74) is 7.51. The molecule has 1 atom stereocenters. The molecular formula is C39H49N5O7. The van der Waals surface area contributed by atoms with Crippen LogP contribution in [0.3, 0.4) is 0 Å². The van der Waals surface area contributed by atoms with E-state index in [-0.39, 0.29) is 23.4 Å². The molecule has 3 aromatic carbocycles. The maximum atomic E-state index is 13.5. The molecule has 6 rings (SSSR count). The summed E-state index contributed by atoms with van der Waals surface area (Å²) in [4.78, 5) is 37.7. The monoisotopic (exact) mass is 699 g/mol. The number of nitrogens with two attached hydrogens (primary N) is 1. The minimum atomic E-state index is -0.589. The summed E-state index contributed by atoms with van der Waals surface area (Å²) in [5, 5.41) is 0. The van der Waals surface area contributed by atoms with Crippen LogP contribution in [-0.2, 0) is 0 Å². The third-order valence-electron chi connectivity index (χ3n) is 9.97. The Morgan fingerprint density at radius 3 is 2.22 bits per heavy atom. The number of hydrogen-bond acceptors (Lipinski definition) is 10. The van der Waals surface area contributed by atoms with E-state index in [1.165, 1.54) is 0 Å². The quantitative estimate of drug-likeness (QED) is 0.233. The zero-order chi connectivity index (χ0) is 36.5. The zero-order valence-corrected chi connectivity index (χ0v) is 30.7. The van der Waals surface area contributed by atoms with Gasteiger partial charge in [0.1, 0.15) is 17.1 Å². The Labute approximate surface area is 300 Å². The first-order valence-corrected chi connectivity index (χ1v) is 17.4. The van der Waals surface area contributed by atoms with E-state index < -0.39 is 5.60 Å². The second-order valence-electron chi connectivity index (χ2n) is 14.5. The molecular weight excluding hydrogens is 650 g/mol. The fourth-order valence-electron chi connectivity index (χ4n) is 7.55. The summed E-state index contributed by atoms with van der Waals surface area (Å²) in [6, 6.07) is 14.0. The lowest BCUT2D eigenvalue weighted by Gasteiger charge is -2.47. The molecule has 2 amide bonds. The van der Waals surface area contributed by atoms with E-state index in [1.54, 1.807) is 63.8 Å². The van der Waals surface area contributed by atoms with E-state index in [2.05, 4.69) is 37.6 Å². The number of benzene rings is 3. The van der Waals surface area contributed by atoms with Crippen LogP contribution in [0, 0.1) is 0 Å². The fraction of sp³-hybridized carbons (Fsp3) is 0.462. The third kappa shape index (κ3) is 7.56. The van der Waals surface area contributed by atoms with Crippen molar-refractivity contribution in [1.82, 2.24) is 14.7 Å². The molecule has 2 saturated heterocycles. The molecule has 0 aromatic heterocycles. The molecule has 0 aliphatic carbocycles. The highest BCUT2D eigenvalue weighted by atomic mass is 16.5. The summed E-state index contributed by atoms with van der Waals surface area (Å²) < 4.78 is 29.0. The molecule has 1 unspecified atom stereocenters. The predicted molar refractivity (Wildman–Crippen MR) is 197 cm³/mol. The van der Waals surface area contributed by atoms with Gasteiger partial charge < -0.3 is 39.2 Å². The average molecular weight is 700 g/mol. The van der Waals surface area contributed by atoms with Gasteiger partial charge in [-0.1, -0.05) is 0 Å². The number of hydrogen-bond donors (Lipinski definition) is 1. The second-order valence-corrected chi connectivity index (χ2v) is 14.5. The molecule has 0 saturated carbocycles. The van der Waals surface area contributed by atoms with E-state index in [9.17, 15) is 9.59 Å². The van der Waals surface area contributed by atoms with Crippen LogP contribution in [0.2, 0.25) is 0 Å². The Hall–Kier alpha value is -4.97. The smallest absolute Gasteiger partial charge is 0.256 e. The molecule has 0 radical (unpaired) electrons. The summed E-state index contributed by atoms with van der Waals surface area (Å²) in [5.74, 6) is 3.08. The van der Waals surface area contributed by atoms with Gasteiger partial charge in [0.05, 0.1) is 44.3 Å². The first-order valence-electron chi connectivity index (χ1n) is 17.4. The van der Waals surface area contributed by atoms with Crippen molar-refractivity contribution in [2.45, 2.75) is 64.1 Å². The lowest BCUT2D eigenvalue weighted by molar-refractivity contribution is -0.00471. The van der Waals surface area contributed by atoms with Crippen molar-refractivity contribution in [1.29, 1.82) is 0 Å². The second kappa shape index (κ2) is 14.3. The SMILES string of the molecule is COc1ccc(Oc2ccc(C(=O)N3CCN(C(C)(C)CC(C)(C)Oc4cc5c(cc4OC)C(=O)N4CCCC4C=N5)CC3)cc2N)cc1OC. The molecule has 51 heavy (non-hydrogen) atoms. The maximum Gasteiger partial charge on any atom is 0.256 e. The van der Waals surface area contributed by atoms with Crippen LogP contribution in [-0.4, -0.2) is 104 Å². The van der Waals surface area contributed by atoms with Crippen molar-refractivity contribution in [3.63, 3.8) is 0 Å². The molecule has 3 aromatic rings. The molecule has 2 fully saturated rings. The lowest BCUT2D eigenvalue weighted by Crippen LogP contribution is -2.57. The molecule has 12 heteroatoms. The number of piperazine rings is 1. The van der Waals surface area contributed by atoms with Crippen molar-refractivity contribution in [2.24, 2.45) is 4.99 Å². The van der Waals surface area contributed by atoms with Crippen molar-refractivity contribution < 1.29 is 33.3 Å². The maximum absolute atomic E-state index is 13.5. The first-order chi connectivity index (χ1) is 24.3. The number of nitrogen functional groups attached to an aromatic ring is 1. The van der Waals surface area contributed by atoms with Gasteiger partial charge in [0, 0.05) is 68.6 Å². The molecule has 0 bridgehead atoms. The van der Waals surface area contributed by atoms with Gasteiger partial charge in [-0.15, -0.1) is 0 Å². The van der Waals surface area contributed by atoms with Crippen LogP contribution in [0.25, 0.3) is 0 Å². The number of carbonyl (C=O) groups excluding carboxylic acids is 2. The van der Waals surface area contributed by atoms with Crippen LogP contribution >= 0.6 is 0 Å². The number of aliphatic imine (C=N–C) groups is 1. The molecule has 0 spiro atoms. The van der Waals surface area contributed by atoms with Gasteiger partial charge in [-0.2, -0.15) is 0 Å². The van der Waals surface area contributed by atoms with Crippen LogP contribution in [0.1, 0.15) is 67.7 Å². The summed E-state index contributed by atoms with van der Waals surface area (Å²) in [6.45, 7) is 11.9. The van der Waals surface area contributed by atoms with Gasteiger partial charge in [0.2, 0.25) is 0 Å². The van der Waals surface area contributed by atoms with Gasteiger partial charge in [0.25, 0.3) is 11.8 Å². The number of rotatable bonds is 11. The third-order valence-corrected chi connectivity index (χ3v) is 9.97. The fourth-order valence-corrected chi connectivity index (χ4v) is 7.55. The van der Waals surface area contributed by atoms with Crippen LogP contribution in [0.4, 0.5) is 11.4 Å². The lowest BCUT2D eigenvalue weighted by atomic mass is 9.87. The molecule has 3 heterocycles. The van der Waals surface area contributed by atoms with Crippen LogP contribution in [0.15, 0.2) is 53.5 Å². The highest BCUT2D eigenvalue weighted by molar-refractivity contribution is 6.03. The van der Waals surface area contributed by atoms with Crippen molar-refractivity contribution in [3.05, 3.63) is 59.7 Å². The van der Waals surface area contributed by atoms with E-state index in [4.69, 9.17) is 29.4 Å².